The predicted molar refractivity (Wildman–Crippen MR) is 309 cm³/mol. The van der Waals surface area contributed by atoms with E-state index in [9.17, 15) is 0 Å². The largest absolute Gasteiger partial charge is 0.310 e. The van der Waals surface area contributed by atoms with Gasteiger partial charge in [0.25, 0.3) is 0 Å². The molecule has 0 amide bonds. The molecule has 73 heavy (non-hydrogen) atoms. The highest BCUT2D eigenvalue weighted by atomic mass is 15.1. The first kappa shape index (κ1) is 42.2. The molecule has 0 saturated carbocycles. The van der Waals surface area contributed by atoms with Crippen molar-refractivity contribution in [3.63, 3.8) is 0 Å². The topological polar surface area (TPSA) is 13.1 Å². The maximum Gasteiger partial charge on any atom is 0.0547 e. The highest BCUT2D eigenvalue weighted by molar-refractivity contribution is 6.13. The van der Waals surface area contributed by atoms with Crippen LogP contribution >= 0.6 is 0 Å². The van der Waals surface area contributed by atoms with Crippen molar-refractivity contribution in [3.05, 3.63) is 285 Å². The highest BCUT2D eigenvalue weighted by Gasteiger charge is 2.20. The van der Waals surface area contributed by atoms with Gasteiger partial charge in [0.1, 0.15) is 0 Å². The molecule has 0 bridgehead atoms. The number of fused-ring (bicyclic) bond motifs is 7. The van der Waals surface area contributed by atoms with Crippen LogP contribution in [0.2, 0.25) is 0 Å². The van der Waals surface area contributed by atoms with Gasteiger partial charge < -0.3 is 14.0 Å². The molecule has 14 aromatic rings. The molecule has 0 aliphatic rings. The van der Waals surface area contributed by atoms with Crippen LogP contribution in [0.1, 0.15) is 0 Å². The van der Waals surface area contributed by atoms with Crippen molar-refractivity contribution in [2.75, 3.05) is 4.90 Å². The zero-order valence-electron chi connectivity index (χ0n) is 40.0. The zero-order valence-corrected chi connectivity index (χ0v) is 40.0. The van der Waals surface area contributed by atoms with E-state index in [1.54, 1.807) is 0 Å². The first-order chi connectivity index (χ1) is 36.2. The van der Waals surface area contributed by atoms with Crippen molar-refractivity contribution in [1.29, 1.82) is 0 Å². The molecule has 0 saturated heterocycles. The van der Waals surface area contributed by atoms with Crippen molar-refractivity contribution in [1.82, 2.24) is 9.13 Å². The number of nitrogens with zero attached hydrogens (tertiary/aromatic N) is 3. The first-order valence-electron chi connectivity index (χ1n) is 25.1. The number of benzene rings is 12. The van der Waals surface area contributed by atoms with E-state index in [0.717, 1.165) is 22.7 Å². The van der Waals surface area contributed by atoms with Gasteiger partial charge in [-0.2, -0.15) is 0 Å². The lowest BCUT2D eigenvalue weighted by Gasteiger charge is -2.28. The SMILES string of the molecule is c1ccc(-c2ccc(N(c3ccc(-c4ccc(-c5ccc6c(c5)c5ccccc5n6-c5ccccc5)cc4)cc3)c3ccc(-c4ccc5c6ccccc6n(-c6ccccc6)c5c4)c4ccccc34)cc2)cc1. The Morgan fingerprint density at radius 2 is 0.616 bits per heavy atom. The summed E-state index contributed by atoms with van der Waals surface area (Å²) in [5, 5.41) is 7.39. The van der Waals surface area contributed by atoms with E-state index in [0.29, 0.717) is 0 Å². The Bertz CT molecular complexity index is 4320. The quantitative estimate of drug-likeness (QED) is 0.141. The molecule has 0 radical (unpaired) electrons. The lowest BCUT2D eigenvalue weighted by molar-refractivity contribution is 1.18. The molecule has 0 atom stereocenters. The third-order valence-electron chi connectivity index (χ3n) is 14.7. The summed E-state index contributed by atoms with van der Waals surface area (Å²) in [6.45, 7) is 0. The minimum absolute atomic E-state index is 1.09. The highest BCUT2D eigenvalue weighted by Crippen LogP contribution is 2.44. The van der Waals surface area contributed by atoms with Crippen LogP contribution in [0, 0.1) is 0 Å². The van der Waals surface area contributed by atoms with Gasteiger partial charge in [0.2, 0.25) is 0 Å². The second-order valence-electron chi connectivity index (χ2n) is 18.9. The van der Waals surface area contributed by atoms with Crippen molar-refractivity contribution in [2.24, 2.45) is 0 Å². The molecule has 3 nitrogen and oxygen atoms in total. The van der Waals surface area contributed by atoms with Crippen LogP contribution < -0.4 is 4.90 Å². The summed E-state index contributed by atoms with van der Waals surface area (Å²) in [7, 11) is 0. The molecule has 12 aromatic carbocycles. The molecule has 0 spiro atoms. The van der Waals surface area contributed by atoms with Gasteiger partial charge in [0.15, 0.2) is 0 Å². The van der Waals surface area contributed by atoms with Crippen LogP contribution in [0.4, 0.5) is 17.1 Å². The molecule has 342 valence electrons. The summed E-state index contributed by atoms with van der Waals surface area (Å²) in [5.74, 6) is 0. The van der Waals surface area contributed by atoms with E-state index >= 15 is 0 Å². The van der Waals surface area contributed by atoms with Gasteiger partial charge in [-0.05, 0) is 135 Å². The fourth-order valence-electron chi connectivity index (χ4n) is 11.2. The Labute approximate surface area is 424 Å². The summed E-state index contributed by atoms with van der Waals surface area (Å²) in [6, 6.07) is 104. The predicted octanol–water partition coefficient (Wildman–Crippen LogP) is 19.2. The van der Waals surface area contributed by atoms with Gasteiger partial charge >= 0.3 is 0 Å². The Morgan fingerprint density at radius 3 is 1.21 bits per heavy atom. The van der Waals surface area contributed by atoms with Crippen LogP contribution in [-0.2, 0) is 0 Å². The van der Waals surface area contributed by atoms with Gasteiger partial charge in [0.05, 0.1) is 27.8 Å². The lowest BCUT2D eigenvalue weighted by Crippen LogP contribution is -2.10. The maximum absolute atomic E-state index is 2.41. The Balaban J connectivity index is 0.838. The first-order valence-corrected chi connectivity index (χ1v) is 25.1. The zero-order chi connectivity index (χ0) is 48.2. The molecule has 0 fully saturated rings. The standard InChI is InChI=1S/C70H47N3/c1-4-16-48(17-5-1)50-32-38-57(39-33-50)71(68-45-43-59(60-22-10-11-23-61(60)68)54-36-42-64-62-24-12-14-26-66(62)73(70(64)47-54)56-20-8-3-9-21-56)58-40-34-51(35-41-58)49-28-30-52(31-29-49)53-37-44-69-65(46-53)63-25-13-15-27-67(63)72(69)55-18-6-2-7-19-55/h1-47H. The second-order valence-corrected chi connectivity index (χ2v) is 18.9. The maximum atomic E-state index is 2.41. The van der Waals surface area contributed by atoms with Crippen LogP contribution in [0.5, 0.6) is 0 Å². The van der Waals surface area contributed by atoms with Crippen LogP contribution in [-0.4, -0.2) is 9.13 Å². The summed E-state index contributed by atoms with van der Waals surface area (Å²) >= 11 is 0. The van der Waals surface area contributed by atoms with Gasteiger partial charge in [-0.25, -0.2) is 0 Å². The number of anilines is 3. The molecule has 2 heterocycles. The van der Waals surface area contributed by atoms with Gasteiger partial charge in [-0.1, -0.05) is 200 Å². The number of aromatic nitrogens is 2. The van der Waals surface area contributed by atoms with E-state index in [1.807, 2.05) is 0 Å². The fraction of sp³-hybridized carbons (Fsp3) is 0. The van der Waals surface area contributed by atoms with E-state index in [-0.39, 0.29) is 0 Å². The minimum atomic E-state index is 1.09. The van der Waals surface area contributed by atoms with Gasteiger partial charge in [0, 0.05) is 49.7 Å². The van der Waals surface area contributed by atoms with Crippen LogP contribution in [0.15, 0.2) is 285 Å². The summed E-state index contributed by atoms with van der Waals surface area (Å²) in [6.07, 6.45) is 0. The number of rotatable bonds is 9. The Kier molecular flexibility index (Phi) is 10.2. The molecular weight excluding hydrogens is 883 g/mol. The monoisotopic (exact) mass is 929 g/mol. The molecule has 14 rings (SSSR count). The molecule has 0 unspecified atom stereocenters. The van der Waals surface area contributed by atoms with Crippen molar-refractivity contribution < 1.29 is 0 Å². The van der Waals surface area contributed by atoms with Crippen molar-refractivity contribution in [3.8, 4) is 55.9 Å². The normalized spacial score (nSPS) is 11.6. The average Bonchev–Trinajstić information content (AvgIpc) is 3.99. The van der Waals surface area contributed by atoms with Gasteiger partial charge in [-0.15, -0.1) is 0 Å². The summed E-state index contributed by atoms with van der Waals surface area (Å²) in [5.41, 5.74) is 19.9. The Hall–Kier alpha value is -9.70. The average molecular weight is 930 g/mol. The van der Waals surface area contributed by atoms with Crippen LogP contribution in [0.3, 0.4) is 0 Å². The molecule has 2 aromatic heterocycles. The van der Waals surface area contributed by atoms with Crippen molar-refractivity contribution >= 4 is 71.4 Å². The van der Waals surface area contributed by atoms with Gasteiger partial charge in [-0.3, -0.25) is 0 Å². The van der Waals surface area contributed by atoms with E-state index in [1.165, 1.54) is 105 Å². The van der Waals surface area contributed by atoms with E-state index in [2.05, 4.69) is 299 Å². The molecule has 0 N–H and O–H groups in total. The third-order valence-corrected chi connectivity index (χ3v) is 14.7. The number of hydrogen-bond acceptors (Lipinski definition) is 1. The molecular formula is C70H47N3. The summed E-state index contributed by atoms with van der Waals surface area (Å²) in [4.78, 5) is 2.41. The minimum Gasteiger partial charge on any atom is -0.310 e. The lowest BCUT2D eigenvalue weighted by atomic mass is 9.95. The fourth-order valence-corrected chi connectivity index (χ4v) is 11.2. The molecule has 0 aliphatic carbocycles. The molecule has 3 heteroatoms. The van der Waals surface area contributed by atoms with Crippen molar-refractivity contribution in [2.45, 2.75) is 0 Å². The van der Waals surface area contributed by atoms with E-state index in [4.69, 9.17) is 0 Å². The number of hydrogen-bond donors (Lipinski definition) is 0. The van der Waals surface area contributed by atoms with Crippen LogP contribution in [0.25, 0.3) is 110 Å². The smallest absolute Gasteiger partial charge is 0.0547 e. The second kappa shape index (κ2) is 17.6. The third kappa shape index (κ3) is 7.29. The number of para-hydroxylation sites is 4. The summed E-state index contributed by atoms with van der Waals surface area (Å²) < 4.78 is 4.77. The molecule has 0 aliphatic heterocycles. The Morgan fingerprint density at radius 1 is 0.219 bits per heavy atom. The van der Waals surface area contributed by atoms with E-state index < -0.39 is 0 Å².